The molecule has 0 aliphatic heterocycles. The molecule has 3 rings (SSSR count). The molecule has 3 N–H and O–H groups in total. The standard InChI is InChI=1S/C18H15Cl2N5O2/c19-14-10-21-17(20)25-16(14)23-13-5-1-3-11(9-13)7-8-12-4-2-6-15(22-12)24-18(26)27/h1-6,9-10H,7-8H2,(H,22,24)(H,26,27)(H,21,23,25). The highest BCUT2D eigenvalue weighted by Crippen LogP contribution is 2.24. The normalized spacial score (nSPS) is 10.4. The summed E-state index contributed by atoms with van der Waals surface area (Å²) >= 11 is 11.9. The number of carbonyl (C=O) groups is 1. The molecule has 0 aliphatic carbocycles. The lowest BCUT2D eigenvalue weighted by atomic mass is 10.1. The van der Waals surface area contributed by atoms with E-state index in [0.717, 1.165) is 23.4 Å². The Hall–Kier alpha value is -2.90. The number of nitrogens with zero attached hydrogens (tertiary/aromatic N) is 3. The monoisotopic (exact) mass is 403 g/mol. The average molecular weight is 404 g/mol. The molecule has 27 heavy (non-hydrogen) atoms. The van der Waals surface area contributed by atoms with Crippen molar-refractivity contribution in [2.75, 3.05) is 10.6 Å². The Kier molecular flexibility index (Phi) is 6.05. The first-order chi connectivity index (χ1) is 13.0. The van der Waals surface area contributed by atoms with Crippen molar-refractivity contribution in [3.63, 3.8) is 0 Å². The second-order valence-electron chi connectivity index (χ2n) is 5.61. The maximum absolute atomic E-state index is 10.7. The number of hydrogen-bond donors (Lipinski definition) is 3. The summed E-state index contributed by atoms with van der Waals surface area (Å²) < 4.78 is 0. The van der Waals surface area contributed by atoms with Crippen LogP contribution in [0.15, 0.2) is 48.7 Å². The molecule has 2 aromatic heterocycles. The second-order valence-corrected chi connectivity index (χ2v) is 6.35. The van der Waals surface area contributed by atoms with E-state index in [0.29, 0.717) is 23.1 Å². The van der Waals surface area contributed by atoms with E-state index >= 15 is 0 Å². The Morgan fingerprint density at radius 2 is 1.89 bits per heavy atom. The van der Waals surface area contributed by atoms with Gasteiger partial charge in [-0.2, -0.15) is 4.98 Å². The maximum atomic E-state index is 10.7. The Morgan fingerprint density at radius 1 is 1.07 bits per heavy atom. The first kappa shape index (κ1) is 18.9. The van der Waals surface area contributed by atoms with Gasteiger partial charge in [0.15, 0.2) is 5.82 Å². The van der Waals surface area contributed by atoms with Crippen molar-refractivity contribution < 1.29 is 9.90 Å². The fourth-order valence-corrected chi connectivity index (χ4v) is 2.72. The number of halogens is 2. The van der Waals surface area contributed by atoms with E-state index in [1.54, 1.807) is 12.1 Å². The third-order valence-electron chi connectivity index (χ3n) is 3.62. The number of benzene rings is 1. The summed E-state index contributed by atoms with van der Waals surface area (Å²) in [5.74, 6) is 0.744. The largest absolute Gasteiger partial charge is 0.465 e. The summed E-state index contributed by atoms with van der Waals surface area (Å²) in [4.78, 5) is 22.9. The van der Waals surface area contributed by atoms with E-state index in [4.69, 9.17) is 28.3 Å². The molecule has 9 heteroatoms. The molecule has 138 valence electrons. The number of aryl methyl sites for hydroxylation is 2. The first-order valence-electron chi connectivity index (χ1n) is 7.99. The Balaban J connectivity index is 1.67. The van der Waals surface area contributed by atoms with Crippen molar-refractivity contribution in [1.82, 2.24) is 15.0 Å². The lowest BCUT2D eigenvalue weighted by molar-refractivity contribution is 0.209. The molecule has 1 amide bonds. The predicted octanol–water partition coefficient (Wildman–Crippen LogP) is 4.80. The summed E-state index contributed by atoms with van der Waals surface area (Å²) in [6.45, 7) is 0. The lowest BCUT2D eigenvalue weighted by Crippen LogP contribution is -2.09. The van der Waals surface area contributed by atoms with Gasteiger partial charge in [-0.25, -0.2) is 14.8 Å². The molecule has 0 radical (unpaired) electrons. The van der Waals surface area contributed by atoms with Crippen LogP contribution in [0.4, 0.5) is 22.1 Å². The molecule has 0 spiro atoms. The summed E-state index contributed by atoms with van der Waals surface area (Å²) in [5.41, 5.74) is 2.69. The van der Waals surface area contributed by atoms with Crippen molar-refractivity contribution in [1.29, 1.82) is 0 Å². The van der Waals surface area contributed by atoms with Crippen molar-refractivity contribution in [3.05, 3.63) is 70.2 Å². The third-order valence-corrected chi connectivity index (χ3v) is 4.07. The van der Waals surface area contributed by atoms with Gasteiger partial charge in [-0.3, -0.25) is 5.32 Å². The number of hydrogen-bond acceptors (Lipinski definition) is 5. The van der Waals surface area contributed by atoms with Crippen molar-refractivity contribution in [2.24, 2.45) is 0 Å². The number of aromatic nitrogens is 3. The Labute approximate surface area is 165 Å². The predicted molar refractivity (Wildman–Crippen MR) is 105 cm³/mol. The molecule has 0 fully saturated rings. The minimum Gasteiger partial charge on any atom is -0.465 e. The van der Waals surface area contributed by atoms with Crippen LogP contribution in [-0.2, 0) is 12.8 Å². The summed E-state index contributed by atoms with van der Waals surface area (Å²) in [7, 11) is 0. The Bertz CT molecular complexity index is 968. The molecular formula is C18H15Cl2N5O2. The summed E-state index contributed by atoms with van der Waals surface area (Å²) in [6.07, 6.45) is 1.70. The van der Waals surface area contributed by atoms with Gasteiger partial charge in [0.2, 0.25) is 5.28 Å². The van der Waals surface area contributed by atoms with E-state index in [1.165, 1.54) is 6.20 Å². The molecular weight excluding hydrogens is 389 g/mol. The fourth-order valence-electron chi connectivity index (χ4n) is 2.44. The van der Waals surface area contributed by atoms with Crippen molar-refractivity contribution in [2.45, 2.75) is 12.8 Å². The molecule has 7 nitrogen and oxygen atoms in total. The number of rotatable bonds is 6. The fraction of sp³-hybridized carbons (Fsp3) is 0.111. The number of nitrogens with one attached hydrogen (secondary N) is 2. The number of amides is 1. The molecule has 0 saturated carbocycles. The zero-order valence-electron chi connectivity index (χ0n) is 14.0. The van der Waals surface area contributed by atoms with E-state index in [2.05, 4.69) is 25.6 Å². The van der Waals surface area contributed by atoms with Crippen LogP contribution >= 0.6 is 23.2 Å². The van der Waals surface area contributed by atoms with Gasteiger partial charge in [0.1, 0.15) is 10.8 Å². The molecule has 0 atom stereocenters. The van der Waals surface area contributed by atoms with Gasteiger partial charge < -0.3 is 10.4 Å². The van der Waals surface area contributed by atoms with Gasteiger partial charge in [0.25, 0.3) is 0 Å². The molecule has 2 heterocycles. The van der Waals surface area contributed by atoms with Gasteiger partial charge in [-0.05, 0) is 54.3 Å². The van der Waals surface area contributed by atoms with Crippen LogP contribution in [0.5, 0.6) is 0 Å². The number of anilines is 3. The van der Waals surface area contributed by atoms with Crippen LogP contribution in [0.1, 0.15) is 11.3 Å². The van der Waals surface area contributed by atoms with Gasteiger partial charge in [0.05, 0.1) is 6.20 Å². The Morgan fingerprint density at radius 3 is 2.70 bits per heavy atom. The average Bonchev–Trinajstić information content (AvgIpc) is 2.63. The zero-order chi connectivity index (χ0) is 19.2. The molecule has 0 unspecified atom stereocenters. The summed E-state index contributed by atoms with van der Waals surface area (Å²) in [5, 5.41) is 14.6. The topological polar surface area (TPSA) is 100 Å². The molecule has 0 aliphatic rings. The number of carboxylic acid groups (broad SMARTS) is 1. The van der Waals surface area contributed by atoms with Crippen molar-refractivity contribution in [3.8, 4) is 0 Å². The molecule has 0 saturated heterocycles. The van der Waals surface area contributed by atoms with E-state index in [1.807, 2.05) is 30.3 Å². The van der Waals surface area contributed by atoms with Crippen LogP contribution in [0.3, 0.4) is 0 Å². The minimum atomic E-state index is -1.14. The second kappa shape index (κ2) is 8.66. The highest BCUT2D eigenvalue weighted by atomic mass is 35.5. The van der Waals surface area contributed by atoms with Gasteiger partial charge in [-0.15, -0.1) is 0 Å². The quantitative estimate of drug-likeness (QED) is 0.511. The molecule has 1 aromatic carbocycles. The van der Waals surface area contributed by atoms with Gasteiger partial charge >= 0.3 is 6.09 Å². The zero-order valence-corrected chi connectivity index (χ0v) is 15.5. The van der Waals surface area contributed by atoms with Crippen LogP contribution in [0.2, 0.25) is 10.3 Å². The first-order valence-corrected chi connectivity index (χ1v) is 8.75. The molecule has 3 aromatic rings. The smallest absolute Gasteiger partial charge is 0.410 e. The van der Waals surface area contributed by atoms with E-state index in [-0.39, 0.29) is 5.28 Å². The summed E-state index contributed by atoms with van der Waals surface area (Å²) in [6, 6.07) is 13.0. The SMILES string of the molecule is O=C(O)Nc1cccc(CCc2cccc(Nc3nc(Cl)ncc3Cl)c2)n1. The van der Waals surface area contributed by atoms with Gasteiger partial charge in [-0.1, -0.05) is 29.8 Å². The number of pyridine rings is 1. The lowest BCUT2D eigenvalue weighted by Gasteiger charge is -2.09. The highest BCUT2D eigenvalue weighted by Gasteiger charge is 2.06. The highest BCUT2D eigenvalue weighted by molar-refractivity contribution is 6.33. The minimum absolute atomic E-state index is 0.110. The van der Waals surface area contributed by atoms with Gasteiger partial charge in [0, 0.05) is 11.4 Å². The third kappa shape index (κ3) is 5.54. The van der Waals surface area contributed by atoms with Crippen LogP contribution in [0, 0.1) is 0 Å². The van der Waals surface area contributed by atoms with Crippen LogP contribution in [0.25, 0.3) is 0 Å². The van der Waals surface area contributed by atoms with Crippen LogP contribution < -0.4 is 10.6 Å². The van der Waals surface area contributed by atoms with Crippen LogP contribution in [-0.4, -0.2) is 26.2 Å². The van der Waals surface area contributed by atoms with E-state index < -0.39 is 6.09 Å². The van der Waals surface area contributed by atoms with E-state index in [9.17, 15) is 4.79 Å². The van der Waals surface area contributed by atoms with Crippen molar-refractivity contribution >= 4 is 46.6 Å². The maximum Gasteiger partial charge on any atom is 0.410 e. The molecule has 0 bridgehead atoms.